The van der Waals surface area contributed by atoms with Crippen molar-refractivity contribution in [3.63, 3.8) is 0 Å². The fourth-order valence-electron chi connectivity index (χ4n) is 1.92. The van der Waals surface area contributed by atoms with Crippen molar-refractivity contribution in [3.05, 3.63) is 0 Å². The molecule has 2 unspecified atom stereocenters. The maximum absolute atomic E-state index is 5.73. The van der Waals surface area contributed by atoms with Gasteiger partial charge in [0.05, 0.1) is 12.2 Å². The molecule has 3 heteroatoms. The summed E-state index contributed by atoms with van der Waals surface area (Å²) in [5, 5.41) is 3.43. The first-order valence-corrected chi connectivity index (χ1v) is 6.62. The van der Waals surface area contributed by atoms with E-state index >= 15 is 0 Å². The summed E-state index contributed by atoms with van der Waals surface area (Å²) in [5.41, 5.74) is 0. The molecule has 1 aliphatic rings. The molecule has 0 spiro atoms. The van der Waals surface area contributed by atoms with Crippen LogP contribution in [0.15, 0.2) is 0 Å². The molecule has 0 saturated carbocycles. The van der Waals surface area contributed by atoms with Crippen molar-refractivity contribution in [1.29, 1.82) is 0 Å². The van der Waals surface area contributed by atoms with Crippen LogP contribution in [0, 0.1) is 5.92 Å². The molecule has 0 aromatic rings. The highest BCUT2D eigenvalue weighted by Gasteiger charge is 2.20. The van der Waals surface area contributed by atoms with Gasteiger partial charge in [0.2, 0.25) is 0 Å². The van der Waals surface area contributed by atoms with Gasteiger partial charge in [0, 0.05) is 19.8 Å². The molecular weight excluding hydrogens is 202 g/mol. The Morgan fingerprint density at radius 1 is 1.38 bits per heavy atom. The molecule has 96 valence electrons. The van der Waals surface area contributed by atoms with Gasteiger partial charge in [0.15, 0.2) is 0 Å². The van der Waals surface area contributed by atoms with E-state index in [9.17, 15) is 0 Å². The number of hydrogen-bond acceptors (Lipinski definition) is 3. The van der Waals surface area contributed by atoms with E-state index in [4.69, 9.17) is 9.47 Å². The highest BCUT2D eigenvalue weighted by atomic mass is 16.5. The van der Waals surface area contributed by atoms with Gasteiger partial charge in [-0.05, 0) is 38.6 Å². The summed E-state index contributed by atoms with van der Waals surface area (Å²) in [7, 11) is 0. The summed E-state index contributed by atoms with van der Waals surface area (Å²) >= 11 is 0. The Morgan fingerprint density at radius 3 is 2.81 bits per heavy atom. The van der Waals surface area contributed by atoms with Crippen LogP contribution < -0.4 is 5.32 Å². The third-order valence-corrected chi connectivity index (χ3v) is 2.79. The Bertz CT molecular complexity index is 173. The molecule has 0 aliphatic carbocycles. The van der Waals surface area contributed by atoms with Crippen LogP contribution in [0.5, 0.6) is 0 Å². The molecule has 0 aromatic carbocycles. The van der Waals surface area contributed by atoms with Gasteiger partial charge >= 0.3 is 0 Å². The summed E-state index contributed by atoms with van der Waals surface area (Å²) in [4.78, 5) is 0. The quantitative estimate of drug-likeness (QED) is 0.647. The molecule has 0 aromatic heterocycles. The Morgan fingerprint density at radius 2 is 2.19 bits per heavy atom. The lowest BCUT2D eigenvalue weighted by molar-refractivity contribution is 0.0552. The molecule has 2 atom stereocenters. The maximum Gasteiger partial charge on any atom is 0.0704 e. The second kappa shape index (κ2) is 8.04. The molecule has 16 heavy (non-hydrogen) atoms. The monoisotopic (exact) mass is 229 g/mol. The second-order valence-electron chi connectivity index (χ2n) is 5.17. The number of nitrogens with one attached hydrogen (secondary N) is 1. The van der Waals surface area contributed by atoms with Crippen molar-refractivity contribution in [2.75, 3.05) is 26.3 Å². The standard InChI is InChI=1S/C13H27NO2/c1-11(2)10-15-8-4-7-14-9-13-6-5-12(3)16-13/h11-14H,4-10H2,1-3H3. The number of rotatable bonds is 8. The van der Waals surface area contributed by atoms with Gasteiger partial charge in [-0.1, -0.05) is 13.8 Å². The Balaban J connectivity index is 1.81. The molecular formula is C13H27NO2. The van der Waals surface area contributed by atoms with Crippen molar-refractivity contribution in [2.24, 2.45) is 5.92 Å². The number of hydrogen-bond donors (Lipinski definition) is 1. The molecule has 0 amide bonds. The Labute approximate surface area is 99.9 Å². The molecule has 3 nitrogen and oxygen atoms in total. The summed E-state index contributed by atoms with van der Waals surface area (Å²) < 4.78 is 11.2. The predicted octanol–water partition coefficient (Wildman–Crippen LogP) is 2.21. The normalized spacial score (nSPS) is 25.5. The Hall–Kier alpha value is -0.120. The van der Waals surface area contributed by atoms with Crippen molar-refractivity contribution < 1.29 is 9.47 Å². The van der Waals surface area contributed by atoms with E-state index in [2.05, 4.69) is 26.1 Å². The number of ether oxygens (including phenoxy) is 2. The lowest BCUT2D eigenvalue weighted by Gasteiger charge is -2.12. The zero-order chi connectivity index (χ0) is 11.8. The highest BCUT2D eigenvalue weighted by molar-refractivity contribution is 4.72. The molecule has 0 bridgehead atoms. The summed E-state index contributed by atoms with van der Waals surface area (Å²) in [6.45, 7) is 10.3. The van der Waals surface area contributed by atoms with Crippen LogP contribution in [0.25, 0.3) is 0 Å². The fourth-order valence-corrected chi connectivity index (χ4v) is 1.92. The van der Waals surface area contributed by atoms with Gasteiger partial charge in [-0.3, -0.25) is 0 Å². The van der Waals surface area contributed by atoms with Crippen LogP contribution in [-0.2, 0) is 9.47 Å². The second-order valence-corrected chi connectivity index (χ2v) is 5.17. The summed E-state index contributed by atoms with van der Waals surface area (Å²) in [5.74, 6) is 0.640. The van der Waals surface area contributed by atoms with E-state index in [1.165, 1.54) is 12.8 Å². The first-order chi connectivity index (χ1) is 7.68. The van der Waals surface area contributed by atoms with Gasteiger partial charge in [-0.2, -0.15) is 0 Å². The van der Waals surface area contributed by atoms with Crippen LogP contribution in [-0.4, -0.2) is 38.5 Å². The van der Waals surface area contributed by atoms with E-state index in [1.54, 1.807) is 0 Å². The van der Waals surface area contributed by atoms with Gasteiger partial charge < -0.3 is 14.8 Å². The summed E-state index contributed by atoms with van der Waals surface area (Å²) in [6.07, 6.45) is 4.41. The maximum atomic E-state index is 5.73. The minimum absolute atomic E-state index is 0.437. The van der Waals surface area contributed by atoms with E-state index in [1.807, 2.05) is 0 Å². The zero-order valence-electron chi connectivity index (χ0n) is 11.0. The van der Waals surface area contributed by atoms with Crippen molar-refractivity contribution in [3.8, 4) is 0 Å². The SMILES string of the molecule is CC(C)COCCCNCC1CCC(C)O1. The van der Waals surface area contributed by atoms with E-state index < -0.39 is 0 Å². The summed E-state index contributed by atoms with van der Waals surface area (Å²) in [6, 6.07) is 0. The third kappa shape index (κ3) is 6.46. The van der Waals surface area contributed by atoms with Gasteiger partial charge in [0.25, 0.3) is 0 Å². The first kappa shape index (κ1) is 13.9. The molecule has 1 fully saturated rings. The zero-order valence-corrected chi connectivity index (χ0v) is 11.0. The molecule has 1 saturated heterocycles. The van der Waals surface area contributed by atoms with Crippen LogP contribution >= 0.6 is 0 Å². The lowest BCUT2D eigenvalue weighted by Crippen LogP contribution is -2.28. The van der Waals surface area contributed by atoms with Crippen molar-refractivity contribution in [1.82, 2.24) is 5.32 Å². The van der Waals surface area contributed by atoms with Gasteiger partial charge in [-0.15, -0.1) is 0 Å². The van der Waals surface area contributed by atoms with Crippen LogP contribution in [0.3, 0.4) is 0 Å². The first-order valence-electron chi connectivity index (χ1n) is 6.62. The van der Waals surface area contributed by atoms with Crippen LogP contribution in [0.2, 0.25) is 0 Å². The highest BCUT2D eigenvalue weighted by Crippen LogP contribution is 2.17. The molecule has 1 heterocycles. The van der Waals surface area contributed by atoms with Gasteiger partial charge in [0.1, 0.15) is 0 Å². The third-order valence-electron chi connectivity index (χ3n) is 2.79. The van der Waals surface area contributed by atoms with Crippen molar-refractivity contribution in [2.45, 2.75) is 52.2 Å². The van der Waals surface area contributed by atoms with Gasteiger partial charge in [-0.25, -0.2) is 0 Å². The fraction of sp³-hybridized carbons (Fsp3) is 1.00. The molecule has 1 N–H and O–H groups in total. The smallest absolute Gasteiger partial charge is 0.0704 e. The molecule has 0 radical (unpaired) electrons. The predicted molar refractivity (Wildman–Crippen MR) is 66.7 cm³/mol. The van der Waals surface area contributed by atoms with E-state index in [-0.39, 0.29) is 0 Å². The average molecular weight is 229 g/mol. The Kier molecular flexibility index (Phi) is 7.01. The van der Waals surface area contributed by atoms with E-state index in [0.717, 1.165) is 32.7 Å². The topological polar surface area (TPSA) is 30.5 Å². The average Bonchev–Trinajstić information content (AvgIpc) is 2.62. The molecule has 1 aliphatic heterocycles. The van der Waals surface area contributed by atoms with E-state index in [0.29, 0.717) is 18.1 Å². The van der Waals surface area contributed by atoms with Crippen LogP contribution in [0.4, 0.5) is 0 Å². The van der Waals surface area contributed by atoms with Crippen LogP contribution in [0.1, 0.15) is 40.0 Å². The lowest BCUT2D eigenvalue weighted by atomic mass is 10.2. The minimum Gasteiger partial charge on any atom is -0.381 e. The minimum atomic E-state index is 0.437. The van der Waals surface area contributed by atoms with Crippen molar-refractivity contribution >= 4 is 0 Å². The largest absolute Gasteiger partial charge is 0.381 e. The molecule has 1 rings (SSSR count).